The molecule has 1 aromatic rings. The molecule has 0 aliphatic rings. The summed E-state index contributed by atoms with van der Waals surface area (Å²) in [7, 11) is 0. The first kappa shape index (κ1) is 11.0. The minimum atomic E-state index is 0.519. The number of anilines is 1. The fraction of sp³-hybridized carbons (Fsp3) is 0.583. The molecule has 0 radical (unpaired) electrons. The van der Waals surface area contributed by atoms with E-state index in [1.807, 2.05) is 12.3 Å². The SMILES string of the molecule is CCCCC(C)Nc1ccc(C)cn1. The number of nitrogens with one attached hydrogen (secondary N) is 1. The maximum atomic E-state index is 4.32. The molecule has 1 atom stereocenters. The molecule has 2 heteroatoms. The van der Waals surface area contributed by atoms with Gasteiger partial charge in [-0.05, 0) is 31.9 Å². The summed E-state index contributed by atoms with van der Waals surface area (Å²) >= 11 is 0. The normalized spacial score (nSPS) is 12.5. The molecule has 0 saturated carbocycles. The monoisotopic (exact) mass is 192 g/mol. The molecule has 0 aliphatic carbocycles. The Labute approximate surface area is 86.8 Å². The molecule has 1 aromatic heterocycles. The van der Waals surface area contributed by atoms with Crippen molar-refractivity contribution in [3.05, 3.63) is 23.9 Å². The Bertz CT molecular complexity index is 254. The van der Waals surface area contributed by atoms with E-state index >= 15 is 0 Å². The zero-order chi connectivity index (χ0) is 10.4. The molecule has 1 heterocycles. The number of unbranched alkanes of at least 4 members (excludes halogenated alkanes) is 1. The van der Waals surface area contributed by atoms with Crippen LogP contribution in [0.1, 0.15) is 38.7 Å². The molecule has 0 bridgehead atoms. The first-order valence-electron chi connectivity index (χ1n) is 5.41. The van der Waals surface area contributed by atoms with Crippen molar-refractivity contribution in [3.8, 4) is 0 Å². The van der Waals surface area contributed by atoms with Crippen LogP contribution in [0.4, 0.5) is 5.82 Å². The highest BCUT2D eigenvalue weighted by atomic mass is 15.0. The van der Waals surface area contributed by atoms with Crippen LogP contribution in [0.5, 0.6) is 0 Å². The van der Waals surface area contributed by atoms with Gasteiger partial charge in [0, 0.05) is 12.2 Å². The lowest BCUT2D eigenvalue weighted by molar-refractivity contribution is 0.643. The highest BCUT2D eigenvalue weighted by Crippen LogP contribution is 2.08. The van der Waals surface area contributed by atoms with Gasteiger partial charge in [-0.3, -0.25) is 0 Å². The minimum Gasteiger partial charge on any atom is -0.368 e. The summed E-state index contributed by atoms with van der Waals surface area (Å²) in [6.07, 6.45) is 5.65. The molecule has 0 fully saturated rings. The molecule has 0 saturated heterocycles. The van der Waals surface area contributed by atoms with Crippen molar-refractivity contribution >= 4 is 5.82 Å². The summed E-state index contributed by atoms with van der Waals surface area (Å²) in [5.41, 5.74) is 1.21. The largest absolute Gasteiger partial charge is 0.368 e. The zero-order valence-corrected chi connectivity index (χ0v) is 9.38. The Balaban J connectivity index is 2.39. The summed E-state index contributed by atoms with van der Waals surface area (Å²) in [5, 5.41) is 3.39. The van der Waals surface area contributed by atoms with Gasteiger partial charge >= 0.3 is 0 Å². The van der Waals surface area contributed by atoms with Gasteiger partial charge in [-0.2, -0.15) is 0 Å². The molecule has 1 rings (SSSR count). The van der Waals surface area contributed by atoms with Gasteiger partial charge in [0.15, 0.2) is 0 Å². The summed E-state index contributed by atoms with van der Waals surface area (Å²) in [5.74, 6) is 0.985. The topological polar surface area (TPSA) is 24.9 Å². The molecule has 0 aliphatic heterocycles. The summed E-state index contributed by atoms with van der Waals surface area (Å²) < 4.78 is 0. The molecule has 0 spiro atoms. The highest BCUT2D eigenvalue weighted by molar-refractivity contribution is 5.35. The van der Waals surface area contributed by atoms with Crippen LogP contribution >= 0.6 is 0 Å². The van der Waals surface area contributed by atoms with Gasteiger partial charge < -0.3 is 5.32 Å². The highest BCUT2D eigenvalue weighted by Gasteiger charge is 2.01. The van der Waals surface area contributed by atoms with Crippen molar-refractivity contribution in [2.24, 2.45) is 0 Å². The lowest BCUT2D eigenvalue weighted by Gasteiger charge is -2.13. The predicted molar refractivity (Wildman–Crippen MR) is 61.6 cm³/mol. The Kier molecular flexibility index (Phi) is 4.44. The van der Waals surface area contributed by atoms with E-state index in [1.54, 1.807) is 0 Å². The third-order valence-electron chi connectivity index (χ3n) is 2.30. The second-order valence-corrected chi connectivity index (χ2v) is 3.91. The quantitative estimate of drug-likeness (QED) is 0.773. The molecule has 14 heavy (non-hydrogen) atoms. The average molecular weight is 192 g/mol. The summed E-state index contributed by atoms with van der Waals surface area (Å²) in [4.78, 5) is 4.32. The number of nitrogens with zero attached hydrogens (tertiary/aromatic N) is 1. The van der Waals surface area contributed by atoms with Gasteiger partial charge in [0.25, 0.3) is 0 Å². The van der Waals surface area contributed by atoms with E-state index in [2.05, 4.69) is 37.1 Å². The van der Waals surface area contributed by atoms with Crippen LogP contribution in [0.2, 0.25) is 0 Å². The summed E-state index contributed by atoms with van der Waals surface area (Å²) in [6, 6.07) is 4.64. The van der Waals surface area contributed by atoms with E-state index in [4.69, 9.17) is 0 Å². The van der Waals surface area contributed by atoms with Crippen molar-refractivity contribution in [1.29, 1.82) is 0 Å². The molecular weight excluding hydrogens is 172 g/mol. The van der Waals surface area contributed by atoms with E-state index in [0.29, 0.717) is 6.04 Å². The van der Waals surface area contributed by atoms with Crippen LogP contribution in [0.25, 0.3) is 0 Å². The van der Waals surface area contributed by atoms with Gasteiger partial charge in [-0.1, -0.05) is 25.8 Å². The number of pyridine rings is 1. The maximum Gasteiger partial charge on any atom is 0.126 e. The van der Waals surface area contributed by atoms with E-state index in [9.17, 15) is 0 Å². The van der Waals surface area contributed by atoms with Crippen LogP contribution in [-0.4, -0.2) is 11.0 Å². The lowest BCUT2D eigenvalue weighted by Crippen LogP contribution is -2.15. The Morgan fingerprint density at radius 1 is 1.43 bits per heavy atom. The van der Waals surface area contributed by atoms with Crippen LogP contribution in [0, 0.1) is 6.92 Å². The third kappa shape index (κ3) is 3.77. The second-order valence-electron chi connectivity index (χ2n) is 3.91. The fourth-order valence-corrected chi connectivity index (χ4v) is 1.39. The first-order chi connectivity index (χ1) is 6.72. The smallest absolute Gasteiger partial charge is 0.126 e. The molecule has 2 nitrogen and oxygen atoms in total. The first-order valence-corrected chi connectivity index (χ1v) is 5.41. The molecular formula is C12H20N2. The molecule has 0 amide bonds. The summed E-state index contributed by atoms with van der Waals surface area (Å²) in [6.45, 7) is 6.48. The van der Waals surface area contributed by atoms with Gasteiger partial charge in [0.2, 0.25) is 0 Å². The third-order valence-corrected chi connectivity index (χ3v) is 2.30. The minimum absolute atomic E-state index is 0.519. The van der Waals surface area contributed by atoms with Crippen LogP contribution < -0.4 is 5.32 Å². The Morgan fingerprint density at radius 3 is 2.79 bits per heavy atom. The molecule has 0 aromatic carbocycles. The van der Waals surface area contributed by atoms with Gasteiger partial charge in [-0.25, -0.2) is 4.98 Å². The van der Waals surface area contributed by atoms with E-state index in [0.717, 1.165) is 5.82 Å². The zero-order valence-electron chi connectivity index (χ0n) is 9.38. The standard InChI is InChI=1S/C12H20N2/c1-4-5-6-11(3)14-12-8-7-10(2)9-13-12/h7-9,11H,4-6H2,1-3H3,(H,13,14). The Morgan fingerprint density at radius 2 is 2.21 bits per heavy atom. The van der Waals surface area contributed by atoms with Crippen LogP contribution in [0.3, 0.4) is 0 Å². The molecule has 1 N–H and O–H groups in total. The number of hydrogen-bond acceptors (Lipinski definition) is 2. The van der Waals surface area contributed by atoms with Gasteiger partial charge in [0.1, 0.15) is 5.82 Å². The van der Waals surface area contributed by atoms with Crippen molar-refractivity contribution in [2.75, 3.05) is 5.32 Å². The van der Waals surface area contributed by atoms with Crippen molar-refractivity contribution in [2.45, 2.75) is 46.1 Å². The molecule has 78 valence electrons. The second kappa shape index (κ2) is 5.63. The van der Waals surface area contributed by atoms with Crippen molar-refractivity contribution < 1.29 is 0 Å². The van der Waals surface area contributed by atoms with Crippen LogP contribution in [-0.2, 0) is 0 Å². The number of aromatic nitrogens is 1. The molecule has 1 unspecified atom stereocenters. The number of hydrogen-bond donors (Lipinski definition) is 1. The van der Waals surface area contributed by atoms with E-state index < -0.39 is 0 Å². The fourth-order valence-electron chi connectivity index (χ4n) is 1.39. The lowest BCUT2D eigenvalue weighted by atomic mass is 10.1. The van der Waals surface area contributed by atoms with Crippen molar-refractivity contribution in [1.82, 2.24) is 4.98 Å². The van der Waals surface area contributed by atoms with E-state index in [-0.39, 0.29) is 0 Å². The predicted octanol–water partition coefficient (Wildman–Crippen LogP) is 3.38. The number of rotatable bonds is 5. The van der Waals surface area contributed by atoms with E-state index in [1.165, 1.54) is 24.8 Å². The van der Waals surface area contributed by atoms with Crippen molar-refractivity contribution in [3.63, 3.8) is 0 Å². The van der Waals surface area contributed by atoms with Gasteiger partial charge in [-0.15, -0.1) is 0 Å². The van der Waals surface area contributed by atoms with Crippen LogP contribution in [0.15, 0.2) is 18.3 Å². The average Bonchev–Trinajstić information content (AvgIpc) is 2.18. The maximum absolute atomic E-state index is 4.32. The number of aryl methyl sites for hydroxylation is 1. The Hall–Kier alpha value is -1.05. The van der Waals surface area contributed by atoms with Gasteiger partial charge in [0.05, 0.1) is 0 Å².